The number of likely N-dealkylation sites (tertiary alicyclic amines) is 1. The third kappa shape index (κ3) is 4.05. The first-order valence-electron chi connectivity index (χ1n) is 9.94. The highest BCUT2D eigenvalue weighted by Crippen LogP contribution is 2.44. The van der Waals surface area contributed by atoms with E-state index in [1.807, 2.05) is 13.8 Å². The number of amides is 5. The molecule has 0 aromatic rings. The molecule has 1 saturated heterocycles. The van der Waals surface area contributed by atoms with E-state index in [4.69, 9.17) is 5.73 Å². The average molecular weight is 397 g/mol. The molecule has 9 heteroatoms. The minimum absolute atomic E-state index is 0.160. The van der Waals surface area contributed by atoms with Crippen molar-refractivity contribution in [2.45, 2.75) is 58.4 Å². The van der Waals surface area contributed by atoms with Crippen molar-refractivity contribution in [3.8, 4) is 0 Å². The molecule has 3 atom stereocenters. The van der Waals surface area contributed by atoms with E-state index < -0.39 is 39.7 Å². The number of nitrogens with zero attached hydrogens (tertiary/aromatic N) is 2. The lowest BCUT2D eigenvalue weighted by Crippen LogP contribution is -2.69. The summed E-state index contributed by atoms with van der Waals surface area (Å²) in [5.41, 5.74) is 5.04. The fourth-order valence-corrected chi connectivity index (χ4v) is 5.18. The summed E-state index contributed by atoms with van der Waals surface area (Å²) in [4.78, 5) is 50.1. The molecule has 158 valence electrons. The van der Waals surface area contributed by atoms with E-state index in [0.29, 0.717) is 23.8 Å². The molecule has 0 radical (unpaired) electrons. The third-order valence-electron chi connectivity index (χ3n) is 6.50. The topological polar surface area (TPSA) is 130 Å². The first-order chi connectivity index (χ1) is 13.1. The minimum Gasteiger partial charge on any atom is -0.364 e. The fourth-order valence-electron chi connectivity index (χ4n) is 5.18. The van der Waals surface area contributed by atoms with E-state index >= 15 is 0 Å². The minimum atomic E-state index is -1.01. The van der Waals surface area contributed by atoms with E-state index in [-0.39, 0.29) is 19.5 Å². The van der Waals surface area contributed by atoms with Gasteiger partial charge in [-0.3, -0.25) is 14.8 Å². The van der Waals surface area contributed by atoms with Gasteiger partial charge in [0.1, 0.15) is 0 Å². The predicted molar refractivity (Wildman–Crippen MR) is 101 cm³/mol. The van der Waals surface area contributed by atoms with Crippen LogP contribution in [0.4, 0.5) is 4.79 Å². The van der Waals surface area contributed by atoms with Crippen molar-refractivity contribution in [3.05, 3.63) is 0 Å². The lowest BCUT2D eigenvalue weighted by atomic mass is 9.83. The molecule has 1 unspecified atom stereocenters. The van der Waals surface area contributed by atoms with Gasteiger partial charge >= 0.3 is 11.9 Å². The molecule has 0 aromatic carbocycles. The van der Waals surface area contributed by atoms with Gasteiger partial charge in [0.05, 0.1) is 19.0 Å². The van der Waals surface area contributed by atoms with E-state index in [2.05, 4.69) is 5.32 Å². The molecule has 2 rings (SSSR count). The van der Waals surface area contributed by atoms with Gasteiger partial charge in [-0.1, -0.05) is 39.5 Å². The zero-order valence-electron chi connectivity index (χ0n) is 17.0. The molecular formula is C19H33N4O5+. The van der Waals surface area contributed by atoms with Crippen molar-refractivity contribution in [3.63, 3.8) is 0 Å². The smallest absolute Gasteiger partial charge is 0.364 e. The standard InChI is InChI=1S/C19H32N4O5/c1-19(2)8-9-23(18(27)21-3,15(19)16(20)25)17(26)14(11-22(28)12-24)10-13-6-4-5-7-13/h12-15,28H,4-11H2,1-3H3,(H2-,20,21,25,27)/p+1/t14-,15-,23?/m1/s1. The number of hydrogen-bond donors (Lipinski definition) is 3. The van der Waals surface area contributed by atoms with E-state index in [1.54, 1.807) is 0 Å². The maximum Gasteiger partial charge on any atom is 0.424 e. The van der Waals surface area contributed by atoms with Gasteiger partial charge in [-0.2, -0.15) is 4.48 Å². The van der Waals surface area contributed by atoms with Gasteiger partial charge < -0.3 is 11.1 Å². The molecule has 1 saturated carbocycles. The van der Waals surface area contributed by atoms with Crippen molar-refractivity contribution < 1.29 is 28.9 Å². The molecule has 1 aliphatic carbocycles. The Bertz CT molecular complexity index is 632. The Balaban J connectivity index is 2.46. The van der Waals surface area contributed by atoms with Crippen LogP contribution in [0.1, 0.15) is 52.4 Å². The number of urea groups is 1. The Morgan fingerprint density at radius 2 is 1.93 bits per heavy atom. The zero-order chi connectivity index (χ0) is 21.1. The van der Waals surface area contributed by atoms with Crippen LogP contribution in [0.25, 0.3) is 0 Å². The normalized spacial score (nSPS) is 27.9. The molecule has 1 aliphatic heterocycles. The summed E-state index contributed by atoms with van der Waals surface area (Å²) in [6, 6.07) is -1.58. The second kappa shape index (κ2) is 8.57. The lowest BCUT2D eigenvalue weighted by Gasteiger charge is -2.38. The number of rotatable bonds is 7. The second-order valence-corrected chi connectivity index (χ2v) is 8.84. The molecule has 2 aliphatic rings. The van der Waals surface area contributed by atoms with Gasteiger partial charge in [-0.25, -0.2) is 14.7 Å². The number of carbonyl (C=O) groups is 4. The number of primary amides is 1. The summed E-state index contributed by atoms with van der Waals surface area (Å²) in [7, 11) is 1.43. The number of nitrogens with two attached hydrogens (primary N) is 1. The van der Waals surface area contributed by atoms with Crippen LogP contribution in [-0.2, 0) is 14.4 Å². The van der Waals surface area contributed by atoms with Gasteiger partial charge in [0.15, 0.2) is 6.04 Å². The Hall–Kier alpha value is -2.00. The van der Waals surface area contributed by atoms with Crippen molar-refractivity contribution in [2.75, 3.05) is 20.1 Å². The summed E-state index contributed by atoms with van der Waals surface area (Å²) in [5.74, 6) is -1.62. The summed E-state index contributed by atoms with van der Waals surface area (Å²) in [6.07, 6.45) is 5.29. The van der Waals surface area contributed by atoms with E-state index in [0.717, 1.165) is 25.7 Å². The Morgan fingerprint density at radius 1 is 1.32 bits per heavy atom. The summed E-state index contributed by atoms with van der Waals surface area (Å²) in [6.45, 7) is 3.61. The van der Waals surface area contributed by atoms with Crippen LogP contribution in [-0.4, -0.2) is 65.2 Å². The molecule has 4 N–H and O–H groups in total. The van der Waals surface area contributed by atoms with Gasteiger partial charge in [-0.15, -0.1) is 0 Å². The maximum atomic E-state index is 13.8. The molecule has 9 nitrogen and oxygen atoms in total. The van der Waals surface area contributed by atoms with Gasteiger partial charge in [0.25, 0.3) is 5.91 Å². The number of hydrogen-bond acceptors (Lipinski definition) is 5. The van der Waals surface area contributed by atoms with Crippen LogP contribution in [0.15, 0.2) is 0 Å². The molecule has 0 aromatic heterocycles. The SMILES string of the molecule is CNC(=O)[N+]1(C(=O)[C@H](CC2CCCC2)CN(O)C=O)CCC(C)(C)[C@H]1C(N)=O. The zero-order valence-corrected chi connectivity index (χ0v) is 17.0. The number of quaternary nitrogens is 1. The summed E-state index contributed by atoms with van der Waals surface area (Å²) >= 11 is 0. The monoisotopic (exact) mass is 397 g/mol. The highest BCUT2D eigenvalue weighted by molar-refractivity contribution is 5.91. The van der Waals surface area contributed by atoms with Gasteiger partial charge in [0, 0.05) is 18.9 Å². The van der Waals surface area contributed by atoms with Crippen LogP contribution in [0, 0.1) is 17.3 Å². The number of carbonyl (C=O) groups excluding carboxylic acids is 4. The number of imide groups is 1. The predicted octanol–water partition coefficient (Wildman–Crippen LogP) is 0.997. The van der Waals surface area contributed by atoms with E-state index in [1.165, 1.54) is 7.05 Å². The van der Waals surface area contributed by atoms with E-state index in [9.17, 15) is 24.4 Å². The van der Waals surface area contributed by atoms with Crippen molar-refractivity contribution >= 4 is 24.3 Å². The number of hydroxylamine groups is 2. The third-order valence-corrected chi connectivity index (χ3v) is 6.50. The van der Waals surface area contributed by atoms with Crippen LogP contribution >= 0.6 is 0 Å². The average Bonchev–Trinajstić information content (AvgIpc) is 3.25. The quantitative estimate of drug-likeness (QED) is 0.255. The largest absolute Gasteiger partial charge is 0.424 e. The van der Waals surface area contributed by atoms with Crippen LogP contribution in [0.5, 0.6) is 0 Å². The first-order valence-corrected chi connectivity index (χ1v) is 9.94. The maximum absolute atomic E-state index is 13.8. The van der Waals surface area contributed by atoms with Gasteiger partial charge in [-0.05, 0) is 12.3 Å². The number of nitrogens with one attached hydrogen (secondary N) is 1. The highest BCUT2D eigenvalue weighted by atomic mass is 16.5. The molecule has 28 heavy (non-hydrogen) atoms. The fraction of sp³-hybridized carbons (Fsp3) is 0.789. The first kappa shape index (κ1) is 22.3. The molecular weight excluding hydrogens is 364 g/mol. The van der Waals surface area contributed by atoms with Crippen molar-refractivity contribution in [1.29, 1.82) is 0 Å². The summed E-state index contributed by atoms with van der Waals surface area (Å²) < 4.78 is -0.705. The molecule has 0 spiro atoms. The second-order valence-electron chi connectivity index (χ2n) is 8.84. The van der Waals surface area contributed by atoms with Crippen LogP contribution in [0.3, 0.4) is 0 Å². The summed E-state index contributed by atoms with van der Waals surface area (Å²) in [5, 5.41) is 12.7. The van der Waals surface area contributed by atoms with Crippen molar-refractivity contribution in [1.82, 2.24) is 10.4 Å². The molecule has 5 amide bonds. The lowest BCUT2D eigenvalue weighted by molar-refractivity contribution is -0.783. The van der Waals surface area contributed by atoms with Crippen molar-refractivity contribution in [2.24, 2.45) is 23.0 Å². The Morgan fingerprint density at radius 3 is 2.43 bits per heavy atom. The Kier molecular flexibility index (Phi) is 6.82. The van der Waals surface area contributed by atoms with Crippen LogP contribution in [0.2, 0.25) is 0 Å². The highest BCUT2D eigenvalue weighted by Gasteiger charge is 2.65. The molecule has 2 fully saturated rings. The Labute approximate surface area is 165 Å². The van der Waals surface area contributed by atoms with Crippen LogP contribution < -0.4 is 11.1 Å². The molecule has 0 bridgehead atoms. The molecule has 1 heterocycles. The van der Waals surface area contributed by atoms with Gasteiger partial charge in [0.2, 0.25) is 6.41 Å².